The number of benzene rings is 1. The molecule has 0 spiro atoms. The minimum atomic E-state index is -0.367. The second-order valence-corrected chi connectivity index (χ2v) is 5.22. The number of hydrogen-bond donors (Lipinski definition) is 1. The Hall–Kier alpha value is -0.550. The standard InChI is InChI=1S/C11H13BrFNOS/c1-7(6-16-2)14-11(15)8-3-4-10(13)9(12)5-8/h3-5,7H,6H2,1-2H3,(H,14,15). The maximum absolute atomic E-state index is 13.0. The van der Waals surface area contributed by atoms with Gasteiger partial charge in [0.1, 0.15) is 5.82 Å². The molecule has 0 fully saturated rings. The summed E-state index contributed by atoms with van der Waals surface area (Å²) < 4.78 is 13.3. The Kier molecular flexibility index (Phi) is 5.28. The van der Waals surface area contributed by atoms with Gasteiger partial charge >= 0.3 is 0 Å². The highest BCUT2D eigenvalue weighted by Gasteiger charge is 2.10. The smallest absolute Gasteiger partial charge is 0.251 e. The van der Waals surface area contributed by atoms with Gasteiger partial charge in [0, 0.05) is 17.4 Å². The summed E-state index contributed by atoms with van der Waals surface area (Å²) in [6, 6.07) is 4.34. The predicted octanol–water partition coefficient (Wildman–Crippen LogP) is 3.07. The number of carbonyl (C=O) groups is 1. The average Bonchev–Trinajstić information content (AvgIpc) is 2.22. The van der Waals surface area contributed by atoms with Crippen molar-refractivity contribution in [3.8, 4) is 0 Å². The lowest BCUT2D eigenvalue weighted by Crippen LogP contribution is -2.34. The number of nitrogens with one attached hydrogen (secondary N) is 1. The van der Waals surface area contributed by atoms with Crippen LogP contribution in [0.2, 0.25) is 0 Å². The summed E-state index contributed by atoms with van der Waals surface area (Å²) in [4.78, 5) is 11.7. The lowest BCUT2D eigenvalue weighted by atomic mass is 10.2. The van der Waals surface area contributed by atoms with Crippen molar-refractivity contribution in [2.45, 2.75) is 13.0 Å². The van der Waals surface area contributed by atoms with Crippen LogP contribution in [-0.2, 0) is 0 Å². The first-order chi connectivity index (χ1) is 7.54. The van der Waals surface area contributed by atoms with Crippen molar-refractivity contribution in [1.82, 2.24) is 5.32 Å². The third-order valence-electron chi connectivity index (χ3n) is 1.98. The molecule has 0 saturated heterocycles. The molecule has 2 nitrogen and oxygen atoms in total. The first-order valence-electron chi connectivity index (χ1n) is 4.79. The fraction of sp³-hybridized carbons (Fsp3) is 0.364. The summed E-state index contributed by atoms with van der Waals surface area (Å²) in [7, 11) is 0. The highest BCUT2D eigenvalue weighted by Crippen LogP contribution is 2.16. The van der Waals surface area contributed by atoms with Gasteiger partial charge in [-0.3, -0.25) is 4.79 Å². The molecular weight excluding hydrogens is 293 g/mol. The number of hydrogen-bond acceptors (Lipinski definition) is 2. The summed E-state index contributed by atoms with van der Waals surface area (Å²) in [5.41, 5.74) is 0.459. The van der Waals surface area contributed by atoms with E-state index in [0.29, 0.717) is 10.0 Å². The van der Waals surface area contributed by atoms with Crippen molar-refractivity contribution in [2.24, 2.45) is 0 Å². The molecule has 0 heterocycles. The maximum atomic E-state index is 13.0. The fourth-order valence-corrected chi connectivity index (χ4v) is 2.20. The molecule has 1 N–H and O–H groups in total. The van der Waals surface area contributed by atoms with Gasteiger partial charge < -0.3 is 5.32 Å². The number of amides is 1. The number of rotatable bonds is 4. The van der Waals surface area contributed by atoms with Gasteiger partial charge in [-0.2, -0.15) is 11.8 Å². The molecule has 0 aromatic heterocycles. The van der Waals surface area contributed by atoms with Crippen LogP contribution in [0, 0.1) is 5.82 Å². The second-order valence-electron chi connectivity index (χ2n) is 3.46. The van der Waals surface area contributed by atoms with Gasteiger partial charge in [0.05, 0.1) is 4.47 Å². The summed E-state index contributed by atoms with van der Waals surface area (Å²) in [6.45, 7) is 1.94. The van der Waals surface area contributed by atoms with Gasteiger partial charge in [-0.25, -0.2) is 4.39 Å². The maximum Gasteiger partial charge on any atom is 0.251 e. The molecule has 1 amide bonds. The van der Waals surface area contributed by atoms with Crippen molar-refractivity contribution >= 4 is 33.6 Å². The highest BCUT2D eigenvalue weighted by atomic mass is 79.9. The van der Waals surface area contributed by atoms with Gasteiger partial charge in [0.2, 0.25) is 0 Å². The Bertz CT molecular complexity index is 386. The average molecular weight is 306 g/mol. The van der Waals surface area contributed by atoms with E-state index in [4.69, 9.17) is 0 Å². The molecule has 0 saturated carbocycles. The molecule has 0 bridgehead atoms. The van der Waals surface area contributed by atoms with E-state index in [1.54, 1.807) is 11.8 Å². The van der Waals surface area contributed by atoms with Crippen molar-refractivity contribution in [3.05, 3.63) is 34.1 Å². The van der Waals surface area contributed by atoms with Crippen molar-refractivity contribution in [1.29, 1.82) is 0 Å². The first-order valence-corrected chi connectivity index (χ1v) is 6.98. The zero-order valence-electron chi connectivity index (χ0n) is 9.09. The predicted molar refractivity (Wildman–Crippen MR) is 69.4 cm³/mol. The Morgan fingerprint density at radius 2 is 2.31 bits per heavy atom. The summed E-state index contributed by atoms with van der Waals surface area (Å²) >= 11 is 4.72. The number of carbonyl (C=O) groups excluding carboxylic acids is 1. The molecule has 1 unspecified atom stereocenters. The normalized spacial score (nSPS) is 12.2. The van der Waals surface area contributed by atoms with Gasteiger partial charge in [0.25, 0.3) is 5.91 Å². The number of thioether (sulfide) groups is 1. The molecule has 88 valence electrons. The summed E-state index contributed by atoms with van der Waals surface area (Å²) in [5.74, 6) is 0.310. The Balaban J connectivity index is 2.69. The van der Waals surface area contributed by atoms with Crippen LogP contribution in [0.4, 0.5) is 4.39 Å². The minimum Gasteiger partial charge on any atom is -0.349 e. The number of halogens is 2. The molecule has 16 heavy (non-hydrogen) atoms. The quantitative estimate of drug-likeness (QED) is 0.926. The van der Waals surface area contributed by atoms with E-state index in [9.17, 15) is 9.18 Å². The van der Waals surface area contributed by atoms with Crippen LogP contribution in [0.3, 0.4) is 0 Å². The van der Waals surface area contributed by atoms with E-state index >= 15 is 0 Å². The molecule has 1 aromatic rings. The summed E-state index contributed by atoms with van der Waals surface area (Å²) in [6.07, 6.45) is 1.98. The van der Waals surface area contributed by atoms with Crippen LogP contribution in [0.5, 0.6) is 0 Å². The molecule has 1 atom stereocenters. The SMILES string of the molecule is CSCC(C)NC(=O)c1ccc(F)c(Br)c1. The third-order valence-corrected chi connectivity index (χ3v) is 3.42. The van der Waals surface area contributed by atoms with E-state index in [0.717, 1.165) is 5.75 Å². The van der Waals surface area contributed by atoms with Crippen LogP contribution in [0.15, 0.2) is 22.7 Å². The molecule has 0 aliphatic rings. The lowest BCUT2D eigenvalue weighted by Gasteiger charge is -2.12. The Labute approximate surface area is 107 Å². The van der Waals surface area contributed by atoms with Gasteiger partial charge in [-0.1, -0.05) is 0 Å². The third kappa shape index (κ3) is 3.79. The Morgan fingerprint density at radius 1 is 1.62 bits per heavy atom. The van der Waals surface area contributed by atoms with Crippen LogP contribution in [0.25, 0.3) is 0 Å². The molecule has 0 aliphatic heterocycles. The van der Waals surface area contributed by atoms with E-state index in [1.807, 2.05) is 13.2 Å². The van der Waals surface area contributed by atoms with E-state index < -0.39 is 0 Å². The van der Waals surface area contributed by atoms with Crippen LogP contribution in [-0.4, -0.2) is 24.0 Å². The van der Waals surface area contributed by atoms with Gasteiger partial charge in [-0.05, 0) is 47.3 Å². The summed E-state index contributed by atoms with van der Waals surface area (Å²) in [5, 5.41) is 2.84. The molecule has 0 radical (unpaired) electrons. The molecule has 0 aliphatic carbocycles. The molecule has 5 heteroatoms. The van der Waals surface area contributed by atoms with Crippen molar-refractivity contribution in [2.75, 3.05) is 12.0 Å². The van der Waals surface area contributed by atoms with Crippen LogP contribution in [0.1, 0.15) is 17.3 Å². The molecule has 1 rings (SSSR count). The van der Waals surface area contributed by atoms with Crippen molar-refractivity contribution in [3.63, 3.8) is 0 Å². The lowest BCUT2D eigenvalue weighted by molar-refractivity contribution is 0.0943. The second kappa shape index (κ2) is 6.25. The monoisotopic (exact) mass is 305 g/mol. The van der Waals surface area contributed by atoms with E-state index in [1.165, 1.54) is 18.2 Å². The van der Waals surface area contributed by atoms with Gasteiger partial charge in [0.15, 0.2) is 0 Å². The van der Waals surface area contributed by atoms with Gasteiger partial charge in [-0.15, -0.1) is 0 Å². The topological polar surface area (TPSA) is 29.1 Å². The zero-order valence-corrected chi connectivity index (χ0v) is 11.5. The molecular formula is C11H13BrFNOS. The van der Waals surface area contributed by atoms with Crippen LogP contribution >= 0.6 is 27.7 Å². The van der Waals surface area contributed by atoms with Crippen LogP contribution < -0.4 is 5.32 Å². The molecule has 1 aromatic carbocycles. The highest BCUT2D eigenvalue weighted by molar-refractivity contribution is 9.10. The zero-order chi connectivity index (χ0) is 12.1. The largest absolute Gasteiger partial charge is 0.349 e. The first kappa shape index (κ1) is 13.5. The van der Waals surface area contributed by atoms with E-state index in [-0.39, 0.29) is 17.8 Å². The van der Waals surface area contributed by atoms with Crippen molar-refractivity contribution < 1.29 is 9.18 Å². The minimum absolute atomic E-state index is 0.103. The van der Waals surface area contributed by atoms with E-state index in [2.05, 4.69) is 21.2 Å². The fourth-order valence-electron chi connectivity index (χ4n) is 1.24. The Morgan fingerprint density at radius 3 is 2.88 bits per heavy atom.